The van der Waals surface area contributed by atoms with Gasteiger partial charge in [0.15, 0.2) is 11.6 Å². The van der Waals surface area contributed by atoms with Crippen LogP contribution in [0.5, 0.6) is 5.75 Å². The van der Waals surface area contributed by atoms with Crippen LogP contribution in [-0.2, 0) is 0 Å². The summed E-state index contributed by atoms with van der Waals surface area (Å²) >= 11 is 0. The Morgan fingerprint density at radius 3 is 2.69 bits per heavy atom. The Kier molecular flexibility index (Phi) is 2.52. The predicted octanol–water partition coefficient (Wildman–Crippen LogP) is 2.12. The number of aromatic amines is 1. The first-order valence-electron chi connectivity index (χ1n) is 4.77. The molecule has 3 N–H and O–H groups in total. The van der Waals surface area contributed by atoms with Gasteiger partial charge in [-0.1, -0.05) is 0 Å². The molecule has 0 bridgehead atoms. The summed E-state index contributed by atoms with van der Waals surface area (Å²) in [4.78, 5) is 0. The van der Waals surface area contributed by atoms with Gasteiger partial charge in [-0.3, -0.25) is 5.10 Å². The van der Waals surface area contributed by atoms with Gasteiger partial charge in [0.1, 0.15) is 5.82 Å². The highest BCUT2D eigenvalue weighted by Crippen LogP contribution is 2.35. The Hall–Kier alpha value is -2.04. The fourth-order valence-corrected chi connectivity index (χ4v) is 1.65. The van der Waals surface area contributed by atoms with Crippen LogP contribution in [0.2, 0.25) is 0 Å². The van der Waals surface area contributed by atoms with Gasteiger partial charge in [-0.25, -0.2) is 4.39 Å². The Morgan fingerprint density at radius 1 is 1.38 bits per heavy atom. The van der Waals surface area contributed by atoms with E-state index in [2.05, 4.69) is 10.2 Å². The van der Waals surface area contributed by atoms with Crippen molar-refractivity contribution in [1.82, 2.24) is 10.2 Å². The molecule has 1 aromatic carbocycles. The number of nitrogens with one attached hydrogen (secondary N) is 1. The molecule has 84 valence electrons. The normalized spacial score (nSPS) is 10.4. The number of hydrogen-bond acceptors (Lipinski definition) is 3. The van der Waals surface area contributed by atoms with Crippen molar-refractivity contribution in [2.75, 3.05) is 12.8 Å². The molecule has 2 aromatic rings. The zero-order valence-electron chi connectivity index (χ0n) is 9.04. The van der Waals surface area contributed by atoms with Gasteiger partial charge in [0.05, 0.1) is 13.3 Å². The number of hydrogen-bond donors (Lipinski definition) is 2. The van der Waals surface area contributed by atoms with Crippen molar-refractivity contribution in [2.45, 2.75) is 6.92 Å². The number of H-pyrrole nitrogens is 1. The van der Waals surface area contributed by atoms with Crippen molar-refractivity contribution < 1.29 is 9.13 Å². The minimum Gasteiger partial charge on any atom is -0.493 e. The fraction of sp³-hybridized carbons (Fsp3) is 0.182. The summed E-state index contributed by atoms with van der Waals surface area (Å²) in [5.41, 5.74) is 7.74. The van der Waals surface area contributed by atoms with E-state index in [4.69, 9.17) is 10.5 Å². The predicted molar refractivity (Wildman–Crippen MR) is 59.7 cm³/mol. The molecule has 5 heteroatoms. The summed E-state index contributed by atoms with van der Waals surface area (Å²) in [6, 6.07) is 3.22. The molecule has 0 saturated heterocycles. The summed E-state index contributed by atoms with van der Waals surface area (Å²) in [6.45, 7) is 1.81. The Balaban J connectivity index is 2.68. The second kappa shape index (κ2) is 3.84. The summed E-state index contributed by atoms with van der Waals surface area (Å²) in [7, 11) is 1.42. The van der Waals surface area contributed by atoms with Gasteiger partial charge < -0.3 is 10.5 Å². The number of ether oxygens (including phenoxy) is 1. The van der Waals surface area contributed by atoms with Crippen LogP contribution in [0, 0.1) is 12.7 Å². The average molecular weight is 221 g/mol. The van der Waals surface area contributed by atoms with E-state index in [1.165, 1.54) is 13.2 Å². The highest BCUT2D eigenvalue weighted by Gasteiger charge is 2.15. The van der Waals surface area contributed by atoms with E-state index in [0.29, 0.717) is 16.9 Å². The van der Waals surface area contributed by atoms with Crippen LogP contribution in [0.4, 0.5) is 10.2 Å². The highest BCUT2D eigenvalue weighted by atomic mass is 19.1. The maximum absolute atomic E-state index is 13.6. The van der Waals surface area contributed by atoms with E-state index in [-0.39, 0.29) is 5.75 Å². The van der Waals surface area contributed by atoms with E-state index in [0.717, 1.165) is 5.56 Å². The lowest BCUT2D eigenvalue weighted by Crippen LogP contribution is -1.95. The maximum Gasteiger partial charge on any atom is 0.165 e. The topological polar surface area (TPSA) is 63.9 Å². The number of halogens is 1. The smallest absolute Gasteiger partial charge is 0.165 e. The van der Waals surface area contributed by atoms with Gasteiger partial charge in [-0.15, -0.1) is 0 Å². The van der Waals surface area contributed by atoms with E-state index >= 15 is 0 Å². The summed E-state index contributed by atoms with van der Waals surface area (Å²) in [5.74, 6) is 0.167. The molecule has 0 atom stereocenters. The number of anilines is 1. The van der Waals surface area contributed by atoms with Crippen LogP contribution < -0.4 is 10.5 Å². The lowest BCUT2D eigenvalue weighted by molar-refractivity contribution is 0.388. The third-order valence-corrected chi connectivity index (χ3v) is 2.35. The fourth-order valence-electron chi connectivity index (χ4n) is 1.65. The quantitative estimate of drug-likeness (QED) is 0.816. The summed E-state index contributed by atoms with van der Waals surface area (Å²) in [6.07, 6.45) is 1.55. The third-order valence-electron chi connectivity index (χ3n) is 2.35. The van der Waals surface area contributed by atoms with Crippen molar-refractivity contribution in [1.29, 1.82) is 0 Å². The molecular formula is C11H12FN3O. The van der Waals surface area contributed by atoms with Crippen LogP contribution in [-0.4, -0.2) is 17.3 Å². The minimum absolute atomic E-state index is 0.179. The number of aromatic nitrogens is 2. The first-order chi connectivity index (χ1) is 7.63. The van der Waals surface area contributed by atoms with E-state index in [1.807, 2.05) is 13.0 Å². The maximum atomic E-state index is 13.6. The monoisotopic (exact) mass is 221 g/mol. The summed E-state index contributed by atoms with van der Waals surface area (Å²) < 4.78 is 18.7. The number of nitrogens with zero attached hydrogens (tertiary/aromatic N) is 1. The zero-order valence-corrected chi connectivity index (χ0v) is 9.04. The second-order valence-electron chi connectivity index (χ2n) is 3.52. The Bertz CT molecular complexity index is 522. The van der Waals surface area contributed by atoms with Gasteiger partial charge in [0.2, 0.25) is 0 Å². The molecule has 0 spiro atoms. The van der Waals surface area contributed by atoms with Crippen LogP contribution in [0.25, 0.3) is 11.1 Å². The lowest BCUT2D eigenvalue weighted by Gasteiger charge is -2.09. The largest absolute Gasteiger partial charge is 0.493 e. The molecule has 0 radical (unpaired) electrons. The van der Waals surface area contributed by atoms with Crippen LogP contribution in [0.3, 0.4) is 0 Å². The molecule has 4 nitrogen and oxygen atoms in total. The molecule has 0 aliphatic rings. The van der Waals surface area contributed by atoms with Crippen LogP contribution in [0.1, 0.15) is 5.56 Å². The van der Waals surface area contributed by atoms with Gasteiger partial charge in [0.25, 0.3) is 0 Å². The number of rotatable bonds is 2. The average Bonchev–Trinajstić information content (AvgIpc) is 2.63. The lowest BCUT2D eigenvalue weighted by atomic mass is 10.0. The molecule has 1 aromatic heterocycles. The Morgan fingerprint density at radius 2 is 2.12 bits per heavy atom. The van der Waals surface area contributed by atoms with Crippen molar-refractivity contribution in [2.24, 2.45) is 0 Å². The molecule has 0 unspecified atom stereocenters. The third kappa shape index (κ3) is 1.60. The minimum atomic E-state index is -0.405. The van der Waals surface area contributed by atoms with Crippen molar-refractivity contribution >= 4 is 5.82 Å². The van der Waals surface area contributed by atoms with E-state index in [9.17, 15) is 4.39 Å². The van der Waals surface area contributed by atoms with Crippen molar-refractivity contribution in [3.8, 4) is 16.9 Å². The molecule has 0 saturated carbocycles. The second-order valence-corrected chi connectivity index (χ2v) is 3.52. The number of aryl methyl sites for hydroxylation is 1. The highest BCUT2D eigenvalue weighted by molar-refractivity contribution is 5.78. The number of nitrogens with two attached hydrogens (primary N) is 1. The van der Waals surface area contributed by atoms with Gasteiger partial charge >= 0.3 is 0 Å². The van der Waals surface area contributed by atoms with Gasteiger partial charge in [-0.05, 0) is 24.6 Å². The Labute approximate surface area is 92.2 Å². The van der Waals surface area contributed by atoms with Crippen molar-refractivity contribution in [3.63, 3.8) is 0 Å². The molecule has 1 heterocycles. The van der Waals surface area contributed by atoms with E-state index in [1.54, 1.807) is 6.20 Å². The molecule has 16 heavy (non-hydrogen) atoms. The molecule has 2 rings (SSSR count). The van der Waals surface area contributed by atoms with Crippen LogP contribution in [0.15, 0.2) is 18.3 Å². The summed E-state index contributed by atoms with van der Waals surface area (Å²) in [5, 5.41) is 6.41. The molecule has 0 aliphatic carbocycles. The first-order valence-corrected chi connectivity index (χ1v) is 4.77. The SMILES string of the molecule is COc1c(F)cc(C)cc1-c1cn[nH]c1N. The molecular weight excluding hydrogens is 209 g/mol. The molecule has 0 amide bonds. The van der Waals surface area contributed by atoms with Gasteiger partial charge in [0, 0.05) is 11.1 Å². The first kappa shape index (κ1) is 10.5. The number of benzene rings is 1. The number of methoxy groups -OCH3 is 1. The molecule has 0 aliphatic heterocycles. The standard InChI is InChI=1S/C11H12FN3O/c1-6-3-7(8-5-14-15-11(8)13)10(16-2)9(12)4-6/h3-5H,1-2H3,(H3,13,14,15). The van der Waals surface area contributed by atoms with Gasteiger partial charge in [-0.2, -0.15) is 5.10 Å². The zero-order chi connectivity index (χ0) is 11.7. The molecule has 0 fully saturated rings. The van der Waals surface area contributed by atoms with Crippen LogP contribution >= 0.6 is 0 Å². The van der Waals surface area contributed by atoms with Crippen molar-refractivity contribution in [3.05, 3.63) is 29.7 Å². The number of nitrogen functional groups attached to an aromatic ring is 1. The van der Waals surface area contributed by atoms with E-state index < -0.39 is 5.82 Å².